The largest absolute Gasteiger partial charge is 0.631 e. The molecule has 3 rings (SSSR count). The molecule has 3 nitrogen and oxygen atoms in total. The maximum Gasteiger partial charge on any atom is 0.631 e. The van der Waals surface area contributed by atoms with Gasteiger partial charge in [-0.3, -0.25) is 0 Å². The summed E-state index contributed by atoms with van der Waals surface area (Å²) in [7, 11) is 5.93. The summed E-state index contributed by atoms with van der Waals surface area (Å²) in [4.78, 5) is 0. The van der Waals surface area contributed by atoms with Gasteiger partial charge in [0.15, 0.2) is 0 Å². The number of hydrogen-bond acceptors (Lipinski definition) is 3. The van der Waals surface area contributed by atoms with E-state index in [0.29, 0.717) is 0 Å². The molecular weight excluding hydrogens is 440 g/mol. The fourth-order valence-electron chi connectivity index (χ4n) is 3.03. The topological polar surface area (TPSA) is 60.7 Å². The smallest absolute Gasteiger partial charge is 0.402 e. The summed E-state index contributed by atoms with van der Waals surface area (Å²) in [6.07, 6.45) is 0. The van der Waals surface area contributed by atoms with Crippen LogP contribution in [0.25, 0.3) is 0 Å². The summed E-state index contributed by atoms with van der Waals surface area (Å²) in [6, 6.07) is 19.4. The molecule has 0 saturated heterocycles. The Balaban J connectivity index is 0.000000402. The van der Waals surface area contributed by atoms with Crippen LogP contribution in [0.5, 0.6) is 0 Å². The standard InChI is InChI=1S/3C8H11P.BH3O3/c3*1-6-3-7(2)5-8(9)4-6;2-1(3)4/h3*3-5H,9H2,1-2H3;2-4H. The molecule has 0 amide bonds. The Morgan fingerprint density at radius 2 is 0.548 bits per heavy atom. The van der Waals surface area contributed by atoms with Gasteiger partial charge in [-0.25, -0.2) is 0 Å². The number of hydrogen-bond donors (Lipinski definition) is 3. The van der Waals surface area contributed by atoms with E-state index in [2.05, 4.69) is 124 Å². The van der Waals surface area contributed by atoms with Gasteiger partial charge in [0.25, 0.3) is 0 Å². The molecule has 0 aromatic heterocycles. The maximum absolute atomic E-state index is 7.17. The van der Waals surface area contributed by atoms with Gasteiger partial charge in [-0.05, 0) is 57.5 Å². The van der Waals surface area contributed by atoms with Crippen molar-refractivity contribution in [1.29, 1.82) is 0 Å². The van der Waals surface area contributed by atoms with Gasteiger partial charge in [0.1, 0.15) is 0 Å². The molecule has 7 heteroatoms. The molecule has 0 bridgehead atoms. The van der Waals surface area contributed by atoms with Crippen LogP contribution in [0.15, 0.2) is 54.6 Å². The van der Waals surface area contributed by atoms with Gasteiger partial charge in [-0.15, -0.1) is 27.7 Å². The van der Waals surface area contributed by atoms with Crippen LogP contribution in [0.1, 0.15) is 33.4 Å². The van der Waals surface area contributed by atoms with Gasteiger partial charge in [0.05, 0.1) is 0 Å². The zero-order chi connectivity index (χ0) is 24.1. The second kappa shape index (κ2) is 15.7. The molecule has 31 heavy (non-hydrogen) atoms. The van der Waals surface area contributed by atoms with Gasteiger partial charge >= 0.3 is 7.32 Å². The van der Waals surface area contributed by atoms with Crippen molar-refractivity contribution in [3.05, 3.63) is 88.0 Å². The normalized spacial score (nSPS) is 9.29. The van der Waals surface area contributed by atoms with Crippen molar-refractivity contribution in [1.82, 2.24) is 0 Å². The van der Waals surface area contributed by atoms with E-state index in [1.165, 1.54) is 49.3 Å². The Morgan fingerprint density at radius 1 is 0.419 bits per heavy atom. The fraction of sp³-hybridized carbons (Fsp3) is 0.250. The van der Waals surface area contributed by atoms with Crippen molar-refractivity contribution in [2.45, 2.75) is 41.5 Å². The van der Waals surface area contributed by atoms with Crippen LogP contribution in [-0.2, 0) is 0 Å². The molecule has 0 saturated carbocycles. The molecule has 0 radical (unpaired) electrons. The van der Waals surface area contributed by atoms with Gasteiger partial charge in [-0.1, -0.05) is 88.0 Å². The predicted octanol–water partition coefficient (Wildman–Crippen LogP) is 3.36. The van der Waals surface area contributed by atoms with E-state index >= 15 is 0 Å². The third-order valence-corrected chi connectivity index (χ3v) is 4.73. The van der Waals surface area contributed by atoms with Crippen LogP contribution in [0, 0.1) is 41.5 Å². The maximum atomic E-state index is 7.17. The second-order valence-electron chi connectivity index (χ2n) is 7.61. The van der Waals surface area contributed by atoms with Crippen molar-refractivity contribution < 1.29 is 15.1 Å². The van der Waals surface area contributed by atoms with E-state index in [1.54, 1.807) is 0 Å². The summed E-state index contributed by atoms with van der Waals surface area (Å²) in [6.45, 7) is 12.7. The molecule has 0 heterocycles. The van der Waals surface area contributed by atoms with E-state index in [0.717, 1.165) is 0 Å². The van der Waals surface area contributed by atoms with Gasteiger partial charge in [0.2, 0.25) is 0 Å². The molecule has 0 fully saturated rings. The molecule has 3 aromatic carbocycles. The molecular formula is C24H36BO3P3. The van der Waals surface area contributed by atoms with Gasteiger partial charge < -0.3 is 15.1 Å². The van der Waals surface area contributed by atoms with Gasteiger partial charge in [-0.2, -0.15) is 0 Å². The SMILES string of the molecule is Cc1cc(C)cc(P)c1.Cc1cc(C)cc(P)c1.Cc1cc(C)cc(P)c1.OB(O)O. The second-order valence-corrected chi connectivity index (χ2v) is 9.61. The van der Waals surface area contributed by atoms with Crippen LogP contribution in [0.3, 0.4) is 0 Å². The molecule has 3 aromatic rings. The van der Waals surface area contributed by atoms with Crippen LogP contribution in [-0.4, -0.2) is 22.4 Å². The average Bonchev–Trinajstić information content (AvgIpc) is 2.51. The first-order valence-corrected chi connectivity index (χ1v) is 11.6. The average molecular weight is 476 g/mol. The third kappa shape index (κ3) is 17.2. The highest BCUT2D eigenvalue weighted by atomic mass is 31.0. The lowest BCUT2D eigenvalue weighted by Gasteiger charge is -1.96. The van der Waals surface area contributed by atoms with Crippen molar-refractivity contribution in [2.75, 3.05) is 0 Å². The Bertz CT molecular complexity index is 675. The van der Waals surface area contributed by atoms with Crippen molar-refractivity contribution >= 4 is 51.0 Å². The minimum Gasteiger partial charge on any atom is -0.402 e. The number of rotatable bonds is 0. The summed E-state index contributed by atoms with van der Waals surface area (Å²) in [5, 5.41) is 25.3. The van der Waals surface area contributed by atoms with E-state index in [-0.39, 0.29) is 0 Å². The predicted molar refractivity (Wildman–Crippen MR) is 148 cm³/mol. The molecule has 0 aliphatic rings. The summed E-state index contributed by atoms with van der Waals surface area (Å²) >= 11 is 0. The van der Waals surface area contributed by atoms with Crippen LogP contribution >= 0.6 is 27.7 Å². The van der Waals surface area contributed by atoms with E-state index < -0.39 is 7.32 Å². The molecule has 0 aliphatic carbocycles. The Labute approximate surface area is 195 Å². The summed E-state index contributed by atoms with van der Waals surface area (Å²) < 4.78 is 0. The molecule has 3 unspecified atom stereocenters. The highest BCUT2D eigenvalue weighted by Crippen LogP contribution is 2.03. The zero-order valence-corrected chi connectivity index (χ0v) is 22.8. The van der Waals surface area contributed by atoms with E-state index in [4.69, 9.17) is 15.1 Å². The first-order valence-electron chi connectivity index (χ1n) is 9.84. The monoisotopic (exact) mass is 476 g/mol. The fourth-order valence-corrected chi connectivity index (χ4v) is 4.61. The third-order valence-electron chi connectivity index (χ3n) is 3.73. The van der Waals surface area contributed by atoms with Crippen molar-refractivity contribution in [2.24, 2.45) is 0 Å². The van der Waals surface area contributed by atoms with Crippen LogP contribution in [0.2, 0.25) is 0 Å². The zero-order valence-electron chi connectivity index (χ0n) is 19.3. The number of benzene rings is 3. The lowest BCUT2D eigenvalue weighted by Crippen LogP contribution is -2.07. The molecule has 168 valence electrons. The summed E-state index contributed by atoms with van der Waals surface area (Å²) in [5.41, 5.74) is 8.00. The van der Waals surface area contributed by atoms with Crippen molar-refractivity contribution in [3.63, 3.8) is 0 Å². The highest BCUT2D eigenvalue weighted by Gasteiger charge is 1.92. The minimum atomic E-state index is -2.17. The quantitative estimate of drug-likeness (QED) is 0.345. The molecule has 3 N–H and O–H groups in total. The van der Waals surface area contributed by atoms with E-state index in [1.807, 2.05) is 0 Å². The number of aryl methyl sites for hydroxylation is 6. The van der Waals surface area contributed by atoms with Crippen LogP contribution in [0.4, 0.5) is 0 Å². The first-order chi connectivity index (χ1) is 14.3. The molecule has 0 spiro atoms. The molecule has 0 aliphatic heterocycles. The van der Waals surface area contributed by atoms with Crippen LogP contribution < -0.4 is 15.9 Å². The Hall–Kier alpha value is -1.11. The minimum absolute atomic E-state index is 1.27. The Morgan fingerprint density at radius 3 is 0.645 bits per heavy atom. The summed E-state index contributed by atoms with van der Waals surface area (Å²) in [5.74, 6) is 0. The van der Waals surface area contributed by atoms with Crippen molar-refractivity contribution in [3.8, 4) is 0 Å². The lowest BCUT2D eigenvalue weighted by molar-refractivity contribution is 0.278. The highest BCUT2D eigenvalue weighted by molar-refractivity contribution is 7.27. The lowest BCUT2D eigenvalue weighted by atomic mass is 10.2. The first kappa shape index (κ1) is 29.9. The van der Waals surface area contributed by atoms with E-state index in [9.17, 15) is 0 Å². The Kier molecular flexibility index (Phi) is 15.1. The molecule has 3 atom stereocenters. The van der Waals surface area contributed by atoms with Gasteiger partial charge in [0, 0.05) is 0 Å².